The third kappa shape index (κ3) is 5.58. The summed E-state index contributed by atoms with van der Waals surface area (Å²) in [6.45, 7) is -0.259. The molecule has 134 valence electrons. The molecule has 0 radical (unpaired) electrons. The minimum Gasteiger partial charge on any atom is -0.493 e. The van der Waals surface area contributed by atoms with Crippen LogP contribution in [-0.2, 0) is 9.59 Å². The van der Waals surface area contributed by atoms with E-state index in [2.05, 4.69) is 5.32 Å². The third-order valence-corrected chi connectivity index (χ3v) is 3.98. The highest BCUT2D eigenvalue weighted by molar-refractivity contribution is 5.91. The SMILES string of the molecule is COc1ccc(NC(=O)C[C@@H]2CCC[C@H]2N)cc1OCC(N)=O.Cl. The van der Waals surface area contributed by atoms with E-state index >= 15 is 0 Å². The molecule has 1 saturated carbocycles. The maximum absolute atomic E-state index is 12.1. The van der Waals surface area contributed by atoms with Crippen molar-refractivity contribution in [3.63, 3.8) is 0 Å². The Hall–Kier alpha value is -1.99. The van der Waals surface area contributed by atoms with Crippen molar-refractivity contribution in [3.8, 4) is 11.5 Å². The molecule has 2 atom stereocenters. The van der Waals surface area contributed by atoms with Crippen LogP contribution in [0.3, 0.4) is 0 Å². The Balaban J connectivity index is 0.00000288. The Morgan fingerprint density at radius 1 is 1.29 bits per heavy atom. The van der Waals surface area contributed by atoms with Gasteiger partial charge in [-0.25, -0.2) is 0 Å². The van der Waals surface area contributed by atoms with Crippen LogP contribution < -0.4 is 26.3 Å². The van der Waals surface area contributed by atoms with Crippen molar-refractivity contribution >= 4 is 29.9 Å². The summed E-state index contributed by atoms with van der Waals surface area (Å²) < 4.78 is 10.4. The highest BCUT2D eigenvalue weighted by Crippen LogP contribution is 2.31. The van der Waals surface area contributed by atoms with Crippen molar-refractivity contribution in [2.24, 2.45) is 17.4 Å². The van der Waals surface area contributed by atoms with Gasteiger partial charge < -0.3 is 26.3 Å². The number of carbonyl (C=O) groups is 2. The number of amides is 2. The topological polar surface area (TPSA) is 117 Å². The summed E-state index contributed by atoms with van der Waals surface area (Å²) in [5.74, 6) is 0.373. The lowest BCUT2D eigenvalue weighted by Gasteiger charge is -2.16. The van der Waals surface area contributed by atoms with Crippen LogP contribution in [0.1, 0.15) is 25.7 Å². The maximum Gasteiger partial charge on any atom is 0.255 e. The highest BCUT2D eigenvalue weighted by atomic mass is 35.5. The molecule has 24 heavy (non-hydrogen) atoms. The van der Waals surface area contributed by atoms with E-state index in [0.717, 1.165) is 19.3 Å². The van der Waals surface area contributed by atoms with E-state index in [-0.39, 0.29) is 36.9 Å². The number of carbonyl (C=O) groups excluding carboxylic acids is 2. The zero-order valence-electron chi connectivity index (χ0n) is 13.6. The predicted octanol–water partition coefficient (Wildman–Crippen LogP) is 1.44. The molecule has 0 unspecified atom stereocenters. The number of benzene rings is 1. The quantitative estimate of drug-likeness (QED) is 0.682. The van der Waals surface area contributed by atoms with Gasteiger partial charge in [-0.2, -0.15) is 0 Å². The summed E-state index contributed by atoms with van der Waals surface area (Å²) >= 11 is 0. The molecule has 0 aliphatic heterocycles. The number of halogens is 1. The van der Waals surface area contributed by atoms with Crippen molar-refractivity contribution in [2.75, 3.05) is 19.0 Å². The number of primary amides is 1. The average molecular weight is 358 g/mol. The standard InChI is InChI=1S/C16H23N3O4.ClH/c1-22-13-6-5-11(8-14(13)23-9-15(18)20)19-16(21)7-10-3-2-4-12(10)17;/h5-6,8,10,12H,2-4,7,9,17H2,1H3,(H2,18,20)(H,19,21);1H/t10-,12+;/m0./s1. The van der Waals surface area contributed by atoms with E-state index in [4.69, 9.17) is 20.9 Å². The predicted molar refractivity (Wildman–Crippen MR) is 93.5 cm³/mol. The number of ether oxygens (including phenoxy) is 2. The first kappa shape index (κ1) is 20.1. The molecule has 1 aliphatic carbocycles. The molecule has 1 fully saturated rings. The number of hydrogen-bond donors (Lipinski definition) is 3. The van der Waals surface area contributed by atoms with Crippen LogP contribution in [0.15, 0.2) is 18.2 Å². The van der Waals surface area contributed by atoms with Crippen LogP contribution in [0, 0.1) is 5.92 Å². The molecular weight excluding hydrogens is 334 g/mol. The Labute approximate surface area is 147 Å². The van der Waals surface area contributed by atoms with Crippen molar-refractivity contribution in [1.29, 1.82) is 0 Å². The van der Waals surface area contributed by atoms with E-state index in [1.807, 2.05) is 0 Å². The van der Waals surface area contributed by atoms with Gasteiger partial charge in [-0.05, 0) is 30.9 Å². The third-order valence-electron chi connectivity index (χ3n) is 3.98. The van der Waals surface area contributed by atoms with Gasteiger partial charge in [0.15, 0.2) is 18.1 Å². The lowest BCUT2D eigenvalue weighted by Crippen LogP contribution is -2.28. The zero-order valence-corrected chi connectivity index (χ0v) is 14.4. The summed E-state index contributed by atoms with van der Waals surface area (Å²) in [5, 5.41) is 2.82. The fourth-order valence-corrected chi connectivity index (χ4v) is 2.79. The Bertz CT molecular complexity index is 582. The number of nitrogens with two attached hydrogens (primary N) is 2. The summed E-state index contributed by atoms with van der Waals surface area (Å²) in [6, 6.07) is 5.08. The largest absolute Gasteiger partial charge is 0.493 e. The Morgan fingerprint density at radius 3 is 2.62 bits per heavy atom. The van der Waals surface area contributed by atoms with Crippen molar-refractivity contribution in [1.82, 2.24) is 0 Å². The van der Waals surface area contributed by atoms with E-state index in [9.17, 15) is 9.59 Å². The number of hydrogen-bond acceptors (Lipinski definition) is 5. The first-order valence-electron chi connectivity index (χ1n) is 7.64. The number of methoxy groups -OCH3 is 1. The summed E-state index contributed by atoms with van der Waals surface area (Å²) in [6.07, 6.45) is 3.45. The molecule has 0 aromatic heterocycles. The molecule has 1 aromatic rings. The number of rotatable bonds is 7. The lowest BCUT2D eigenvalue weighted by molar-refractivity contribution is -0.120. The van der Waals surface area contributed by atoms with Gasteiger partial charge in [0.2, 0.25) is 5.91 Å². The van der Waals surface area contributed by atoms with Crippen LogP contribution in [0.4, 0.5) is 5.69 Å². The van der Waals surface area contributed by atoms with Gasteiger partial charge in [0.25, 0.3) is 5.91 Å². The first-order valence-corrected chi connectivity index (χ1v) is 7.64. The van der Waals surface area contributed by atoms with Crippen LogP contribution >= 0.6 is 12.4 Å². The van der Waals surface area contributed by atoms with Gasteiger partial charge in [-0.15, -0.1) is 12.4 Å². The van der Waals surface area contributed by atoms with Gasteiger partial charge >= 0.3 is 0 Å². The maximum atomic E-state index is 12.1. The molecule has 2 amide bonds. The Kier molecular flexibility index (Phi) is 7.81. The molecule has 8 heteroatoms. The van der Waals surface area contributed by atoms with Crippen LogP contribution in [0.25, 0.3) is 0 Å². The molecule has 0 spiro atoms. The van der Waals surface area contributed by atoms with E-state index in [0.29, 0.717) is 23.6 Å². The van der Waals surface area contributed by atoms with Crippen molar-refractivity contribution < 1.29 is 19.1 Å². The molecule has 2 rings (SSSR count). The molecular formula is C16H24ClN3O4. The fourth-order valence-electron chi connectivity index (χ4n) is 2.79. The molecule has 0 bridgehead atoms. The second kappa shape index (κ2) is 9.34. The van der Waals surface area contributed by atoms with Crippen LogP contribution in [-0.4, -0.2) is 31.6 Å². The van der Waals surface area contributed by atoms with Gasteiger partial charge in [0.05, 0.1) is 7.11 Å². The minimum atomic E-state index is -0.586. The fraction of sp³-hybridized carbons (Fsp3) is 0.500. The monoisotopic (exact) mass is 357 g/mol. The van der Waals surface area contributed by atoms with Gasteiger partial charge in [0, 0.05) is 24.2 Å². The van der Waals surface area contributed by atoms with Gasteiger partial charge in [0.1, 0.15) is 0 Å². The normalized spacial score (nSPS) is 19.2. The summed E-state index contributed by atoms with van der Waals surface area (Å²) in [4.78, 5) is 23.0. The second-order valence-electron chi connectivity index (χ2n) is 5.73. The van der Waals surface area contributed by atoms with Gasteiger partial charge in [-0.3, -0.25) is 9.59 Å². The molecule has 0 heterocycles. The van der Waals surface area contributed by atoms with Crippen molar-refractivity contribution in [2.45, 2.75) is 31.7 Å². The Morgan fingerprint density at radius 2 is 2.04 bits per heavy atom. The summed E-state index contributed by atoms with van der Waals surface area (Å²) in [7, 11) is 1.49. The van der Waals surface area contributed by atoms with E-state index < -0.39 is 5.91 Å². The van der Waals surface area contributed by atoms with Gasteiger partial charge in [-0.1, -0.05) is 6.42 Å². The number of anilines is 1. The molecule has 5 N–H and O–H groups in total. The minimum absolute atomic E-state index is 0. The lowest BCUT2D eigenvalue weighted by atomic mass is 10.00. The van der Waals surface area contributed by atoms with E-state index in [1.165, 1.54) is 7.11 Å². The first-order chi connectivity index (χ1) is 11.0. The molecule has 1 aromatic carbocycles. The highest BCUT2D eigenvalue weighted by Gasteiger charge is 2.26. The molecule has 1 aliphatic rings. The zero-order chi connectivity index (χ0) is 16.8. The summed E-state index contributed by atoms with van der Waals surface area (Å²) in [5.41, 5.74) is 11.6. The smallest absolute Gasteiger partial charge is 0.255 e. The van der Waals surface area contributed by atoms with Crippen LogP contribution in [0.2, 0.25) is 0 Å². The second-order valence-corrected chi connectivity index (χ2v) is 5.73. The van der Waals surface area contributed by atoms with Crippen LogP contribution in [0.5, 0.6) is 11.5 Å². The average Bonchev–Trinajstić information content (AvgIpc) is 2.90. The van der Waals surface area contributed by atoms with Crippen molar-refractivity contribution in [3.05, 3.63) is 18.2 Å². The van der Waals surface area contributed by atoms with E-state index in [1.54, 1.807) is 18.2 Å². The molecule has 7 nitrogen and oxygen atoms in total. The molecule has 0 saturated heterocycles. The number of nitrogens with one attached hydrogen (secondary N) is 1.